The topological polar surface area (TPSA) is 24.9 Å². The Morgan fingerprint density at radius 2 is 2.31 bits per heavy atom. The summed E-state index contributed by atoms with van der Waals surface area (Å²) < 4.78 is 13.3. The fourth-order valence-electron chi connectivity index (χ4n) is 3.37. The lowest BCUT2D eigenvalue weighted by molar-refractivity contribution is 0.348. The molecule has 3 heteroatoms. The minimum atomic E-state index is -0.245. The van der Waals surface area contributed by atoms with Crippen LogP contribution in [0.5, 0.6) is 0 Å². The third-order valence-corrected chi connectivity index (χ3v) is 4.17. The van der Waals surface area contributed by atoms with E-state index in [0.29, 0.717) is 5.82 Å². The summed E-state index contributed by atoms with van der Waals surface area (Å²) in [4.78, 5) is 4.02. The average molecular weight is 220 g/mol. The van der Waals surface area contributed by atoms with Gasteiger partial charge in [-0.25, -0.2) is 9.37 Å². The predicted molar refractivity (Wildman–Crippen MR) is 61.6 cm³/mol. The van der Waals surface area contributed by atoms with Crippen molar-refractivity contribution < 1.29 is 4.39 Å². The summed E-state index contributed by atoms with van der Waals surface area (Å²) in [6, 6.07) is 3.08. The van der Waals surface area contributed by atoms with E-state index >= 15 is 0 Å². The second-order valence-electron chi connectivity index (χ2n) is 5.15. The Labute approximate surface area is 95.3 Å². The normalized spacial score (nSPS) is 31.9. The van der Waals surface area contributed by atoms with Gasteiger partial charge in [0.2, 0.25) is 0 Å². The van der Waals surface area contributed by atoms with Crippen LogP contribution in [0.2, 0.25) is 0 Å². The van der Waals surface area contributed by atoms with E-state index in [1.54, 1.807) is 12.3 Å². The summed E-state index contributed by atoms with van der Waals surface area (Å²) in [7, 11) is 0. The van der Waals surface area contributed by atoms with Crippen LogP contribution in [0.3, 0.4) is 0 Å². The molecule has 2 bridgehead atoms. The molecule has 0 aliphatic heterocycles. The Bertz CT molecular complexity index is 380. The number of aromatic nitrogens is 1. The highest BCUT2D eigenvalue weighted by Gasteiger charge is 2.39. The number of nitrogens with zero attached hydrogens (tertiary/aromatic N) is 1. The van der Waals surface area contributed by atoms with Gasteiger partial charge in [0, 0.05) is 12.7 Å². The predicted octanol–water partition coefficient (Wildman–Crippen LogP) is 3.07. The quantitative estimate of drug-likeness (QED) is 0.846. The van der Waals surface area contributed by atoms with Crippen molar-refractivity contribution in [3.8, 4) is 0 Å². The van der Waals surface area contributed by atoms with Gasteiger partial charge in [0.25, 0.3) is 0 Å². The molecule has 3 rings (SSSR count). The van der Waals surface area contributed by atoms with Crippen molar-refractivity contribution in [2.24, 2.45) is 17.8 Å². The Morgan fingerprint density at radius 3 is 3.00 bits per heavy atom. The van der Waals surface area contributed by atoms with Gasteiger partial charge in [-0.1, -0.05) is 6.42 Å². The van der Waals surface area contributed by atoms with E-state index in [9.17, 15) is 4.39 Å². The van der Waals surface area contributed by atoms with E-state index in [4.69, 9.17) is 0 Å². The number of nitrogens with one attached hydrogen (secondary N) is 1. The van der Waals surface area contributed by atoms with Crippen LogP contribution in [-0.2, 0) is 0 Å². The minimum Gasteiger partial charge on any atom is -0.367 e. The summed E-state index contributed by atoms with van der Waals surface area (Å²) >= 11 is 0. The van der Waals surface area contributed by atoms with Gasteiger partial charge in [-0.2, -0.15) is 0 Å². The van der Waals surface area contributed by atoms with Crippen LogP contribution in [0, 0.1) is 23.6 Å². The zero-order valence-electron chi connectivity index (χ0n) is 9.32. The standard InChI is InChI=1S/C13H17FN2/c14-12-2-1-5-15-13(12)16-8-11-7-9-3-4-10(11)6-9/h1-2,5,9-11H,3-4,6-8H2,(H,15,16). The average Bonchev–Trinajstić information content (AvgIpc) is 2.90. The SMILES string of the molecule is Fc1cccnc1NCC1CC2CCC1C2. The summed E-state index contributed by atoms with van der Waals surface area (Å²) in [6.45, 7) is 0.884. The molecule has 2 fully saturated rings. The Balaban J connectivity index is 1.59. The number of hydrogen-bond acceptors (Lipinski definition) is 2. The maximum Gasteiger partial charge on any atom is 0.165 e. The fourth-order valence-corrected chi connectivity index (χ4v) is 3.37. The summed E-state index contributed by atoms with van der Waals surface area (Å²) in [5, 5.41) is 3.15. The molecule has 86 valence electrons. The largest absolute Gasteiger partial charge is 0.367 e. The summed E-state index contributed by atoms with van der Waals surface area (Å²) in [5.74, 6) is 2.73. The van der Waals surface area contributed by atoms with Crippen LogP contribution in [0.4, 0.5) is 10.2 Å². The van der Waals surface area contributed by atoms with Gasteiger partial charge in [-0.05, 0) is 49.1 Å². The molecule has 3 atom stereocenters. The number of halogens is 1. The molecule has 16 heavy (non-hydrogen) atoms. The highest BCUT2D eigenvalue weighted by Crippen LogP contribution is 2.48. The molecule has 1 heterocycles. The molecule has 1 aromatic heterocycles. The van der Waals surface area contributed by atoms with Crippen molar-refractivity contribution in [2.75, 3.05) is 11.9 Å². The van der Waals surface area contributed by atoms with E-state index in [1.165, 1.54) is 31.7 Å². The lowest BCUT2D eigenvalue weighted by atomic mass is 9.89. The molecule has 2 aliphatic rings. The zero-order valence-corrected chi connectivity index (χ0v) is 9.32. The molecule has 2 saturated carbocycles. The maximum absolute atomic E-state index is 13.3. The van der Waals surface area contributed by atoms with Crippen molar-refractivity contribution in [3.63, 3.8) is 0 Å². The smallest absolute Gasteiger partial charge is 0.165 e. The van der Waals surface area contributed by atoms with E-state index < -0.39 is 0 Å². The number of anilines is 1. The van der Waals surface area contributed by atoms with E-state index in [0.717, 1.165) is 24.3 Å². The molecule has 0 saturated heterocycles. The van der Waals surface area contributed by atoms with E-state index in [2.05, 4.69) is 10.3 Å². The summed E-state index contributed by atoms with van der Waals surface area (Å²) in [5.41, 5.74) is 0. The Hall–Kier alpha value is -1.12. The first-order valence-electron chi connectivity index (χ1n) is 6.17. The van der Waals surface area contributed by atoms with Crippen LogP contribution >= 0.6 is 0 Å². The van der Waals surface area contributed by atoms with E-state index in [-0.39, 0.29) is 5.82 Å². The van der Waals surface area contributed by atoms with Crippen LogP contribution in [0.25, 0.3) is 0 Å². The molecule has 1 aromatic rings. The molecular weight excluding hydrogens is 203 g/mol. The number of pyridine rings is 1. The molecule has 1 N–H and O–H groups in total. The molecule has 2 nitrogen and oxygen atoms in total. The van der Waals surface area contributed by atoms with Crippen LogP contribution < -0.4 is 5.32 Å². The lowest BCUT2D eigenvalue weighted by Gasteiger charge is -2.22. The molecule has 0 aromatic carbocycles. The van der Waals surface area contributed by atoms with Gasteiger partial charge in [-0.15, -0.1) is 0 Å². The molecule has 2 aliphatic carbocycles. The van der Waals surface area contributed by atoms with Gasteiger partial charge < -0.3 is 5.32 Å². The van der Waals surface area contributed by atoms with Gasteiger partial charge in [-0.3, -0.25) is 0 Å². The van der Waals surface area contributed by atoms with E-state index in [1.807, 2.05) is 0 Å². The monoisotopic (exact) mass is 220 g/mol. The van der Waals surface area contributed by atoms with Gasteiger partial charge in [0.1, 0.15) is 0 Å². The lowest BCUT2D eigenvalue weighted by Crippen LogP contribution is -2.20. The van der Waals surface area contributed by atoms with Crippen LogP contribution in [0.1, 0.15) is 25.7 Å². The molecule has 0 radical (unpaired) electrons. The third kappa shape index (κ3) is 1.79. The van der Waals surface area contributed by atoms with Gasteiger partial charge in [0.15, 0.2) is 11.6 Å². The first-order chi connectivity index (χ1) is 7.83. The van der Waals surface area contributed by atoms with Crippen molar-refractivity contribution in [1.29, 1.82) is 0 Å². The Morgan fingerprint density at radius 1 is 1.38 bits per heavy atom. The van der Waals surface area contributed by atoms with Crippen LogP contribution in [-0.4, -0.2) is 11.5 Å². The van der Waals surface area contributed by atoms with Crippen molar-refractivity contribution in [1.82, 2.24) is 4.98 Å². The molecule has 0 spiro atoms. The molecular formula is C13H17FN2. The maximum atomic E-state index is 13.3. The zero-order chi connectivity index (χ0) is 11.0. The fraction of sp³-hybridized carbons (Fsp3) is 0.615. The van der Waals surface area contributed by atoms with Crippen molar-refractivity contribution in [2.45, 2.75) is 25.7 Å². The minimum absolute atomic E-state index is 0.245. The highest BCUT2D eigenvalue weighted by molar-refractivity contribution is 5.35. The second kappa shape index (κ2) is 4.04. The first-order valence-corrected chi connectivity index (χ1v) is 6.17. The second-order valence-corrected chi connectivity index (χ2v) is 5.15. The number of fused-ring (bicyclic) bond motifs is 2. The Kier molecular flexibility index (Phi) is 2.54. The number of rotatable bonds is 3. The van der Waals surface area contributed by atoms with Gasteiger partial charge >= 0.3 is 0 Å². The van der Waals surface area contributed by atoms with Gasteiger partial charge in [0.05, 0.1) is 0 Å². The third-order valence-electron chi connectivity index (χ3n) is 4.17. The first kappa shape index (κ1) is 10.1. The molecule has 0 amide bonds. The van der Waals surface area contributed by atoms with Crippen molar-refractivity contribution in [3.05, 3.63) is 24.1 Å². The summed E-state index contributed by atoms with van der Waals surface area (Å²) in [6.07, 6.45) is 7.15. The van der Waals surface area contributed by atoms with Crippen LogP contribution in [0.15, 0.2) is 18.3 Å². The van der Waals surface area contributed by atoms with Crippen molar-refractivity contribution >= 4 is 5.82 Å². The molecule has 3 unspecified atom stereocenters. The number of hydrogen-bond donors (Lipinski definition) is 1. The highest BCUT2D eigenvalue weighted by atomic mass is 19.1.